The number of rotatable bonds is 3. The van der Waals surface area contributed by atoms with Gasteiger partial charge in [-0.15, -0.1) is 11.3 Å². The van der Waals surface area contributed by atoms with Crippen LogP contribution in [0, 0.1) is 0 Å². The summed E-state index contributed by atoms with van der Waals surface area (Å²) in [5.74, 6) is 0.0342. The second-order valence-electron chi connectivity index (χ2n) is 2.35. The number of carbonyl (C=O) groups is 1. The molecule has 0 spiro atoms. The fourth-order valence-electron chi connectivity index (χ4n) is 0.816. The van der Waals surface area contributed by atoms with E-state index in [2.05, 4.69) is 0 Å². The lowest BCUT2D eigenvalue weighted by Gasteiger charge is -1.90. The van der Waals surface area contributed by atoms with E-state index >= 15 is 0 Å². The Morgan fingerprint density at radius 3 is 2.67 bits per heavy atom. The molecule has 1 aromatic rings. The summed E-state index contributed by atoms with van der Waals surface area (Å²) in [7, 11) is -1.46. The molecule has 0 aliphatic carbocycles. The maximum Gasteiger partial charge on any atom is 0.499 e. The van der Waals surface area contributed by atoms with E-state index in [1.165, 1.54) is 0 Å². The molecule has 0 bridgehead atoms. The maximum atomic E-state index is 11.1. The summed E-state index contributed by atoms with van der Waals surface area (Å²) >= 11 is 1.12. The molecular formula is C7H9BO3S. The van der Waals surface area contributed by atoms with Gasteiger partial charge >= 0.3 is 7.12 Å². The quantitative estimate of drug-likeness (QED) is 0.514. The number of hydrogen-bond donors (Lipinski definition) is 2. The molecule has 1 rings (SSSR count). The zero-order valence-electron chi connectivity index (χ0n) is 6.65. The molecule has 0 amide bonds. The van der Waals surface area contributed by atoms with Gasteiger partial charge in [0.05, 0.1) is 4.88 Å². The number of Topliss-reactive ketones (excluding diaryl/α,β-unsaturated/α-hetero) is 1. The van der Waals surface area contributed by atoms with Gasteiger partial charge in [-0.2, -0.15) is 0 Å². The first kappa shape index (κ1) is 9.44. The SMILES string of the molecule is CCC(=O)c1ccc(B(O)O)s1. The summed E-state index contributed by atoms with van der Waals surface area (Å²) < 4.78 is 0.409. The lowest BCUT2D eigenvalue weighted by Crippen LogP contribution is -2.26. The lowest BCUT2D eigenvalue weighted by molar-refractivity contribution is 0.0992. The van der Waals surface area contributed by atoms with Crippen LogP contribution in [0.3, 0.4) is 0 Å². The standard InChI is InChI=1S/C7H9BO3S/c1-2-5(9)6-3-4-7(12-6)8(10)11/h3-4,10-11H,2H2,1H3. The van der Waals surface area contributed by atoms with Gasteiger partial charge in [0, 0.05) is 11.2 Å². The van der Waals surface area contributed by atoms with Crippen molar-refractivity contribution in [1.29, 1.82) is 0 Å². The largest absolute Gasteiger partial charge is 0.499 e. The Hall–Kier alpha value is -0.645. The Morgan fingerprint density at radius 1 is 1.58 bits per heavy atom. The molecule has 1 aromatic heterocycles. The molecule has 0 atom stereocenters. The molecule has 12 heavy (non-hydrogen) atoms. The minimum absolute atomic E-state index is 0.0342. The van der Waals surface area contributed by atoms with Crippen LogP contribution in [0.4, 0.5) is 0 Å². The highest BCUT2D eigenvalue weighted by Gasteiger charge is 2.15. The van der Waals surface area contributed by atoms with Crippen LogP contribution in [0.15, 0.2) is 12.1 Å². The number of hydrogen-bond acceptors (Lipinski definition) is 4. The first-order valence-corrected chi connectivity index (χ1v) is 4.46. The molecule has 64 valence electrons. The fourth-order valence-corrected chi connectivity index (χ4v) is 1.71. The van der Waals surface area contributed by atoms with Crippen molar-refractivity contribution in [2.45, 2.75) is 13.3 Å². The molecule has 3 nitrogen and oxygen atoms in total. The van der Waals surface area contributed by atoms with Gasteiger partial charge in [0.15, 0.2) is 5.78 Å². The van der Waals surface area contributed by atoms with Gasteiger partial charge in [0.2, 0.25) is 0 Å². The molecule has 0 radical (unpaired) electrons. The van der Waals surface area contributed by atoms with Crippen LogP contribution in [0.2, 0.25) is 0 Å². The summed E-state index contributed by atoms with van der Waals surface area (Å²) in [5.41, 5.74) is 0. The van der Waals surface area contributed by atoms with Crippen LogP contribution in [0.5, 0.6) is 0 Å². The van der Waals surface area contributed by atoms with Crippen molar-refractivity contribution in [1.82, 2.24) is 0 Å². The molecule has 1 heterocycles. The van der Waals surface area contributed by atoms with E-state index in [4.69, 9.17) is 10.0 Å². The Balaban J connectivity index is 2.84. The van der Waals surface area contributed by atoms with Crippen molar-refractivity contribution < 1.29 is 14.8 Å². The average molecular weight is 184 g/mol. The van der Waals surface area contributed by atoms with Crippen molar-refractivity contribution in [2.24, 2.45) is 0 Å². The molecule has 0 fully saturated rings. The summed E-state index contributed by atoms with van der Waals surface area (Å²) in [5, 5.41) is 17.5. The van der Waals surface area contributed by atoms with Crippen LogP contribution in [0.25, 0.3) is 0 Å². The van der Waals surface area contributed by atoms with Crippen molar-refractivity contribution in [3.8, 4) is 0 Å². The summed E-state index contributed by atoms with van der Waals surface area (Å²) in [6.07, 6.45) is 0.446. The van der Waals surface area contributed by atoms with E-state index in [0.29, 0.717) is 16.1 Å². The van der Waals surface area contributed by atoms with E-state index in [1.54, 1.807) is 19.1 Å². The summed E-state index contributed by atoms with van der Waals surface area (Å²) in [4.78, 5) is 11.7. The van der Waals surface area contributed by atoms with Crippen LogP contribution in [-0.2, 0) is 0 Å². The van der Waals surface area contributed by atoms with Gasteiger partial charge in [-0.25, -0.2) is 0 Å². The third-order valence-corrected chi connectivity index (χ3v) is 2.64. The van der Waals surface area contributed by atoms with E-state index in [1.807, 2.05) is 0 Å². The van der Waals surface area contributed by atoms with Crippen molar-refractivity contribution in [3.05, 3.63) is 17.0 Å². The topological polar surface area (TPSA) is 57.5 Å². The van der Waals surface area contributed by atoms with Crippen molar-refractivity contribution >= 4 is 29.0 Å². The van der Waals surface area contributed by atoms with Crippen molar-refractivity contribution in [3.63, 3.8) is 0 Å². The predicted octanol–water partition coefficient (Wildman–Crippen LogP) is 0.0206. The predicted molar refractivity (Wildman–Crippen MR) is 48.8 cm³/mol. The van der Waals surface area contributed by atoms with Gasteiger partial charge in [-0.05, 0) is 6.07 Å². The van der Waals surface area contributed by atoms with Crippen LogP contribution in [0.1, 0.15) is 23.0 Å². The first-order chi connectivity index (χ1) is 5.65. The Bertz CT molecular complexity index is 282. The van der Waals surface area contributed by atoms with E-state index in [0.717, 1.165) is 11.3 Å². The minimum atomic E-state index is -1.46. The van der Waals surface area contributed by atoms with Gasteiger partial charge in [-0.1, -0.05) is 13.0 Å². The third-order valence-electron chi connectivity index (χ3n) is 1.48. The maximum absolute atomic E-state index is 11.1. The van der Waals surface area contributed by atoms with Gasteiger partial charge < -0.3 is 10.0 Å². The second-order valence-corrected chi connectivity index (χ2v) is 3.47. The molecule has 2 N–H and O–H groups in total. The molecule has 0 saturated heterocycles. The highest BCUT2D eigenvalue weighted by molar-refractivity contribution is 7.23. The second kappa shape index (κ2) is 3.84. The van der Waals surface area contributed by atoms with Gasteiger partial charge in [0.25, 0.3) is 0 Å². The number of thiophene rings is 1. The first-order valence-electron chi connectivity index (χ1n) is 3.64. The molecule has 0 aliphatic heterocycles. The smallest absolute Gasteiger partial charge is 0.423 e. The van der Waals surface area contributed by atoms with Gasteiger partial charge in [-0.3, -0.25) is 4.79 Å². The minimum Gasteiger partial charge on any atom is -0.423 e. The Morgan fingerprint density at radius 2 is 2.25 bits per heavy atom. The molecule has 0 unspecified atom stereocenters. The Labute approximate surface area is 74.8 Å². The molecule has 0 aliphatic rings. The molecular weight excluding hydrogens is 175 g/mol. The zero-order valence-corrected chi connectivity index (χ0v) is 7.47. The molecule has 0 aromatic carbocycles. The van der Waals surface area contributed by atoms with E-state index in [9.17, 15) is 4.79 Å². The molecule has 0 saturated carbocycles. The Kier molecular flexibility index (Phi) is 3.02. The zero-order chi connectivity index (χ0) is 9.14. The van der Waals surface area contributed by atoms with E-state index < -0.39 is 7.12 Å². The van der Waals surface area contributed by atoms with Crippen molar-refractivity contribution in [2.75, 3.05) is 0 Å². The van der Waals surface area contributed by atoms with Crippen LogP contribution >= 0.6 is 11.3 Å². The van der Waals surface area contributed by atoms with E-state index in [-0.39, 0.29) is 5.78 Å². The van der Waals surface area contributed by atoms with Crippen LogP contribution < -0.4 is 4.78 Å². The monoisotopic (exact) mass is 184 g/mol. The number of ketones is 1. The van der Waals surface area contributed by atoms with Crippen LogP contribution in [-0.4, -0.2) is 22.9 Å². The highest BCUT2D eigenvalue weighted by atomic mass is 32.1. The van der Waals surface area contributed by atoms with Gasteiger partial charge in [0.1, 0.15) is 0 Å². The summed E-state index contributed by atoms with van der Waals surface area (Å²) in [6, 6.07) is 3.17. The third kappa shape index (κ3) is 1.94. The normalized spacial score (nSPS) is 9.92. The fraction of sp³-hybridized carbons (Fsp3) is 0.286. The molecule has 5 heteroatoms. The lowest BCUT2D eigenvalue weighted by atomic mass is 9.90. The highest BCUT2D eigenvalue weighted by Crippen LogP contribution is 2.09. The average Bonchev–Trinajstić information content (AvgIpc) is 2.51. The summed E-state index contributed by atoms with van der Waals surface area (Å²) in [6.45, 7) is 1.77. The number of carbonyl (C=O) groups excluding carboxylic acids is 1.